The van der Waals surface area contributed by atoms with E-state index in [1.165, 1.54) is 25.7 Å². The van der Waals surface area contributed by atoms with Crippen molar-refractivity contribution < 1.29 is 55.8 Å². The minimum Gasteiger partial charge on any atom is -0.481 e. The Hall–Kier alpha value is -2.98. The van der Waals surface area contributed by atoms with Crippen LogP contribution < -0.4 is 5.73 Å². The molecule has 2 aliphatic rings. The van der Waals surface area contributed by atoms with Crippen molar-refractivity contribution in [3.63, 3.8) is 0 Å². The van der Waals surface area contributed by atoms with Crippen molar-refractivity contribution in [3.05, 3.63) is 0 Å². The number of fused-ring (bicyclic) bond motifs is 2. The lowest BCUT2D eigenvalue weighted by Crippen LogP contribution is -2.47. The van der Waals surface area contributed by atoms with Crippen molar-refractivity contribution in [2.75, 3.05) is 19.8 Å². The van der Waals surface area contributed by atoms with Gasteiger partial charge in [0.25, 0.3) is 0 Å². The minimum atomic E-state index is -4.60. The molecule has 15 nitrogen and oxygen atoms in total. The summed E-state index contributed by atoms with van der Waals surface area (Å²) in [5.41, 5.74) is 4.03. The zero-order valence-electron chi connectivity index (χ0n) is 19.8. The topological polar surface area (TPSA) is 220 Å². The summed E-state index contributed by atoms with van der Waals surface area (Å²) in [5.74, 6) is -4.22. The van der Waals surface area contributed by atoms with E-state index in [4.69, 9.17) is 29.2 Å². The molecule has 3 atom stereocenters. The number of esters is 1. The van der Waals surface area contributed by atoms with Gasteiger partial charge < -0.3 is 25.6 Å². The van der Waals surface area contributed by atoms with Crippen molar-refractivity contribution in [1.82, 2.24) is 9.96 Å². The summed E-state index contributed by atoms with van der Waals surface area (Å²) in [6.45, 7) is 5.66. The molecular formula is C19H31N3O12S. The fourth-order valence-electron chi connectivity index (χ4n) is 3.10. The number of piperidine rings is 1. The molecule has 4 N–H and O–H groups in total. The normalized spacial score (nSPS) is 20.5. The van der Waals surface area contributed by atoms with Crippen LogP contribution in [-0.2, 0) is 42.8 Å². The van der Waals surface area contributed by atoms with E-state index in [9.17, 15) is 32.4 Å². The number of carboxylic acids is 2. The van der Waals surface area contributed by atoms with Crippen LogP contribution in [0, 0.1) is 11.3 Å². The Kier molecular flexibility index (Phi) is 10.4. The molecule has 35 heavy (non-hydrogen) atoms. The molecule has 0 spiro atoms. The Morgan fingerprint density at radius 1 is 1.20 bits per heavy atom. The highest BCUT2D eigenvalue weighted by Crippen LogP contribution is 2.31. The molecule has 3 amide bonds. The molecule has 1 unspecified atom stereocenters. The Morgan fingerprint density at radius 3 is 2.26 bits per heavy atom. The highest BCUT2D eigenvalue weighted by molar-refractivity contribution is 7.81. The average Bonchev–Trinajstić information content (AvgIpc) is 2.96. The Bertz CT molecular complexity index is 935. The van der Waals surface area contributed by atoms with E-state index in [0.29, 0.717) is 17.9 Å². The van der Waals surface area contributed by atoms with Gasteiger partial charge in [-0.05, 0) is 33.6 Å². The highest BCUT2D eigenvalue weighted by atomic mass is 32.3. The predicted molar refractivity (Wildman–Crippen MR) is 115 cm³/mol. The van der Waals surface area contributed by atoms with Gasteiger partial charge in [0.2, 0.25) is 5.91 Å². The largest absolute Gasteiger partial charge is 0.481 e. The van der Waals surface area contributed by atoms with Gasteiger partial charge in [0, 0.05) is 6.54 Å². The number of amides is 3. The molecule has 2 fully saturated rings. The zero-order valence-corrected chi connectivity index (χ0v) is 20.6. The SMILES string of the molecule is CC(CC(=O)O)C(=O)O.CCOC(=O)C(C)(C)COS(=O)(=O)ON1C(=O)N2C[C@H]1CC[C@H]2C(N)=O. The van der Waals surface area contributed by atoms with E-state index in [-0.39, 0.29) is 19.6 Å². The Morgan fingerprint density at radius 2 is 1.80 bits per heavy atom. The van der Waals surface area contributed by atoms with E-state index in [1.807, 2.05) is 0 Å². The maximum Gasteiger partial charge on any atom is 0.421 e. The van der Waals surface area contributed by atoms with Crippen LogP contribution in [0.25, 0.3) is 0 Å². The lowest BCUT2D eigenvalue weighted by Gasteiger charge is -2.27. The number of rotatable bonds is 11. The molecule has 2 bridgehead atoms. The second kappa shape index (κ2) is 12.1. The van der Waals surface area contributed by atoms with Crippen LogP contribution >= 0.6 is 0 Å². The van der Waals surface area contributed by atoms with Gasteiger partial charge in [-0.1, -0.05) is 6.92 Å². The van der Waals surface area contributed by atoms with E-state index in [1.54, 1.807) is 6.92 Å². The summed E-state index contributed by atoms with van der Waals surface area (Å²) in [4.78, 5) is 56.5. The summed E-state index contributed by atoms with van der Waals surface area (Å²) in [6.07, 6.45) is 0.372. The predicted octanol–water partition coefficient (Wildman–Crippen LogP) is -0.296. The van der Waals surface area contributed by atoms with Gasteiger partial charge >= 0.3 is 34.3 Å². The van der Waals surface area contributed by atoms with Crippen LogP contribution in [-0.4, -0.2) is 90.3 Å². The van der Waals surface area contributed by atoms with E-state index in [2.05, 4.69) is 0 Å². The number of carbonyl (C=O) groups excluding carboxylic acids is 3. The number of hydrogen-bond acceptors (Lipinski definition) is 10. The number of nitrogens with zero attached hydrogens (tertiary/aromatic N) is 2. The first-order valence-electron chi connectivity index (χ1n) is 10.6. The molecule has 0 radical (unpaired) electrons. The van der Waals surface area contributed by atoms with Crippen LogP contribution in [0.4, 0.5) is 4.79 Å². The summed E-state index contributed by atoms with van der Waals surface area (Å²) in [5, 5.41) is 16.9. The van der Waals surface area contributed by atoms with Gasteiger partial charge in [-0.2, -0.15) is 13.5 Å². The third-order valence-corrected chi connectivity index (χ3v) is 5.87. The maximum atomic E-state index is 12.3. The summed E-state index contributed by atoms with van der Waals surface area (Å²) in [6, 6.07) is -2.10. The molecule has 2 saturated heterocycles. The van der Waals surface area contributed by atoms with Crippen molar-refractivity contribution in [2.24, 2.45) is 17.1 Å². The first-order valence-corrected chi connectivity index (χ1v) is 12.0. The number of hydroxylamine groups is 2. The molecule has 16 heteroatoms. The molecule has 0 saturated carbocycles. The van der Waals surface area contributed by atoms with Gasteiger partial charge in [-0.25, -0.2) is 8.98 Å². The van der Waals surface area contributed by atoms with Gasteiger partial charge in [0.15, 0.2) is 0 Å². The summed E-state index contributed by atoms with van der Waals surface area (Å²) in [7, 11) is -4.60. The number of carboxylic acid groups (broad SMARTS) is 2. The number of carbonyl (C=O) groups is 5. The number of aliphatic carboxylic acids is 2. The molecule has 2 heterocycles. The second-order valence-electron chi connectivity index (χ2n) is 8.60. The maximum absolute atomic E-state index is 12.3. The van der Waals surface area contributed by atoms with Crippen molar-refractivity contribution >= 4 is 40.2 Å². The first kappa shape index (κ1) is 30.1. The first-order chi connectivity index (χ1) is 16.0. The second-order valence-corrected chi connectivity index (χ2v) is 9.80. The lowest BCUT2D eigenvalue weighted by molar-refractivity contribution is -0.155. The number of nitrogens with two attached hydrogens (primary N) is 1. The molecule has 0 aromatic carbocycles. The molecule has 0 aromatic rings. The van der Waals surface area contributed by atoms with Crippen molar-refractivity contribution in [3.8, 4) is 0 Å². The fourth-order valence-corrected chi connectivity index (χ4v) is 3.96. The third kappa shape index (κ3) is 8.63. The number of ether oxygens (including phenoxy) is 1. The zero-order chi connectivity index (χ0) is 27.1. The Balaban J connectivity index is 0.000000579. The lowest BCUT2D eigenvalue weighted by atomic mass is 9.95. The van der Waals surface area contributed by atoms with Crippen LogP contribution in [0.1, 0.15) is 47.0 Å². The van der Waals surface area contributed by atoms with Crippen LogP contribution in [0.5, 0.6) is 0 Å². The average molecular weight is 526 g/mol. The van der Waals surface area contributed by atoms with Gasteiger partial charge in [0.05, 0.1) is 37.0 Å². The van der Waals surface area contributed by atoms with E-state index >= 15 is 0 Å². The molecule has 2 aliphatic heterocycles. The molecular weight excluding hydrogens is 494 g/mol. The van der Waals surface area contributed by atoms with Gasteiger partial charge in [-0.3, -0.25) is 19.2 Å². The summed E-state index contributed by atoms with van der Waals surface area (Å²) >= 11 is 0. The number of hydrogen-bond donors (Lipinski definition) is 3. The van der Waals surface area contributed by atoms with E-state index < -0.39 is 70.3 Å². The third-order valence-electron chi connectivity index (χ3n) is 5.12. The van der Waals surface area contributed by atoms with Crippen LogP contribution in [0.2, 0.25) is 0 Å². The smallest absolute Gasteiger partial charge is 0.421 e. The molecule has 200 valence electrons. The quantitative estimate of drug-likeness (QED) is 0.296. The van der Waals surface area contributed by atoms with Gasteiger partial charge in [0.1, 0.15) is 6.04 Å². The number of urea groups is 1. The molecule has 0 aliphatic carbocycles. The Labute approximate surface area is 202 Å². The summed E-state index contributed by atoms with van der Waals surface area (Å²) < 4.78 is 38.5. The monoisotopic (exact) mass is 525 g/mol. The molecule has 2 rings (SSSR count). The number of primary amides is 1. The van der Waals surface area contributed by atoms with E-state index in [0.717, 1.165) is 0 Å². The highest BCUT2D eigenvalue weighted by Gasteiger charge is 2.49. The minimum absolute atomic E-state index is 0.135. The van der Waals surface area contributed by atoms with Gasteiger partial charge in [-0.15, -0.1) is 4.28 Å². The van der Waals surface area contributed by atoms with Crippen LogP contribution in [0.15, 0.2) is 0 Å². The van der Waals surface area contributed by atoms with Crippen molar-refractivity contribution in [1.29, 1.82) is 0 Å². The standard InChI is InChI=1S/C14H23N3O8S.C5H8O4/c1-4-23-12(19)14(2,3)8-24-26(21,22)25-17-9-5-6-10(11(15)18)16(7-9)13(17)20;1-3(5(8)9)2-4(6)7/h9-10H,4-8H2,1-3H3,(H2,15,18);3H,2H2,1H3,(H,6,7)(H,8,9)/t9-,10+;/m1./s1. The fraction of sp³-hybridized carbons (Fsp3) is 0.737. The van der Waals surface area contributed by atoms with Crippen molar-refractivity contribution in [2.45, 2.75) is 59.0 Å². The van der Waals surface area contributed by atoms with Crippen LogP contribution in [0.3, 0.4) is 0 Å². The molecule has 0 aromatic heterocycles.